The van der Waals surface area contributed by atoms with E-state index in [0.717, 1.165) is 44.9 Å². The number of aliphatic hydroxyl groups excluding tert-OH is 4. The highest BCUT2D eigenvalue weighted by molar-refractivity contribution is 5.14. The molecule has 0 radical (unpaired) electrons. The van der Waals surface area contributed by atoms with Crippen LogP contribution in [-0.2, 0) is 0 Å². The lowest BCUT2D eigenvalue weighted by Gasteiger charge is -2.60. The smallest absolute Gasteiger partial charge is 0.107 e. The molecule has 0 aromatic heterocycles. The van der Waals surface area contributed by atoms with Gasteiger partial charge in [0.25, 0.3) is 0 Å². The third-order valence-electron chi connectivity index (χ3n) is 8.65. The van der Waals surface area contributed by atoms with Crippen molar-refractivity contribution < 1.29 is 20.4 Å². The van der Waals surface area contributed by atoms with Gasteiger partial charge in [-0.1, -0.05) is 13.8 Å². The van der Waals surface area contributed by atoms with Crippen LogP contribution in [0, 0.1) is 34.5 Å². The van der Waals surface area contributed by atoms with Crippen molar-refractivity contribution in [3.05, 3.63) is 0 Å². The highest BCUT2D eigenvalue weighted by atomic mass is 16.4. The fourth-order valence-electron chi connectivity index (χ4n) is 7.29. The second-order valence-electron chi connectivity index (χ2n) is 9.47. The molecule has 0 saturated heterocycles. The summed E-state index contributed by atoms with van der Waals surface area (Å²) in [5, 5.41) is 41.4. The van der Waals surface area contributed by atoms with Crippen molar-refractivity contribution in [1.29, 1.82) is 0 Å². The summed E-state index contributed by atoms with van der Waals surface area (Å²) in [6.45, 7) is 4.47. The summed E-state index contributed by atoms with van der Waals surface area (Å²) in [7, 11) is 0. The summed E-state index contributed by atoms with van der Waals surface area (Å²) < 4.78 is 0. The van der Waals surface area contributed by atoms with Gasteiger partial charge in [-0.3, -0.25) is 0 Å². The molecule has 0 spiro atoms. The molecule has 0 heterocycles. The van der Waals surface area contributed by atoms with Gasteiger partial charge < -0.3 is 20.4 Å². The zero-order valence-electron chi connectivity index (χ0n) is 14.4. The molecule has 0 aromatic rings. The van der Waals surface area contributed by atoms with E-state index in [2.05, 4.69) is 13.8 Å². The number of fused-ring (bicyclic) bond motifs is 5. The Bertz CT molecular complexity index is 482. The first kappa shape index (κ1) is 16.3. The van der Waals surface area contributed by atoms with E-state index in [9.17, 15) is 20.4 Å². The van der Waals surface area contributed by atoms with Crippen LogP contribution in [0.4, 0.5) is 0 Å². The first-order chi connectivity index (χ1) is 10.8. The summed E-state index contributed by atoms with van der Waals surface area (Å²) >= 11 is 0. The molecule has 0 amide bonds. The molecule has 132 valence electrons. The van der Waals surface area contributed by atoms with Gasteiger partial charge in [-0.15, -0.1) is 0 Å². The average Bonchev–Trinajstić information content (AvgIpc) is 2.69. The molecule has 23 heavy (non-hydrogen) atoms. The molecule has 0 aromatic carbocycles. The first-order valence-electron chi connectivity index (χ1n) is 9.51. The monoisotopic (exact) mass is 324 g/mol. The molecule has 4 saturated carbocycles. The molecule has 4 nitrogen and oxygen atoms in total. The van der Waals surface area contributed by atoms with E-state index >= 15 is 0 Å². The minimum atomic E-state index is -0.998. The highest BCUT2D eigenvalue weighted by Crippen LogP contribution is 2.66. The van der Waals surface area contributed by atoms with Crippen LogP contribution in [0.2, 0.25) is 0 Å². The number of rotatable bonds is 0. The fourth-order valence-corrected chi connectivity index (χ4v) is 7.29. The van der Waals surface area contributed by atoms with Crippen molar-refractivity contribution in [2.24, 2.45) is 34.5 Å². The molecule has 4 rings (SSSR count). The quantitative estimate of drug-likeness (QED) is 0.547. The van der Waals surface area contributed by atoms with Gasteiger partial charge in [0.2, 0.25) is 0 Å². The Morgan fingerprint density at radius 3 is 2.22 bits per heavy atom. The van der Waals surface area contributed by atoms with Gasteiger partial charge >= 0.3 is 0 Å². The molecule has 0 unspecified atom stereocenters. The SMILES string of the molecule is C[C@]12CC[C@H]3[C@@H](CC[C@H]4C[C@H](O)CC[C@@]43C)[C@@H]1[C@@H](O)[C@@H](O)[C@@H]2O. The maximum Gasteiger partial charge on any atom is 0.107 e. The average molecular weight is 324 g/mol. The highest BCUT2D eigenvalue weighted by Gasteiger charge is 2.65. The van der Waals surface area contributed by atoms with E-state index in [1.54, 1.807) is 0 Å². The summed E-state index contributed by atoms with van der Waals surface area (Å²) in [4.78, 5) is 0. The van der Waals surface area contributed by atoms with Crippen LogP contribution in [0.15, 0.2) is 0 Å². The lowest BCUT2D eigenvalue weighted by atomic mass is 9.45. The molecule has 4 aliphatic carbocycles. The maximum absolute atomic E-state index is 10.6. The lowest BCUT2D eigenvalue weighted by molar-refractivity contribution is -0.145. The van der Waals surface area contributed by atoms with Crippen LogP contribution in [0.25, 0.3) is 0 Å². The Morgan fingerprint density at radius 2 is 1.48 bits per heavy atom. The molecule has 0 bridgehead atoms. The Labute approximate surface area is 138 Å². The summed E-state index contributed by atoms with van der Waals surface area (Å²) in [5.41, 5.74) is -0.0981. The van der Waals surface area contributed by atoms with Crippen molar-refractivity contribution in [2.75, 3.05) is 0 Å². The molecule has 0 aliphatic heterocycles. The topological polar surface area (TPSA) is 80.9 Å². The molecule has 4 aliphatic rings. The standard InChI is InChI=1S/C19H32O4/c1-18-7-5-11(20)9-10(18)3-4-12-13(18)6-8-19(2)14(12)15(21)16(22)17(19)23/h10-17,20-23H,3-9H2,1-2H3/t10-,11+,12+,13-,14+,15+,16+,17-,18-,19-/m0/s1. The third-order valence-corrected chi connectivity index (χ3v) is 8.65. The maximum atomic E-state index is 10.6. The number of hydrogen-bond donors (Lipinski definition) is 4. The summed E-state index contributed by atoms with van der Waals surface area (Å²) in [5.74, 6) is 1.55. The van der Waals surface area contributed by atoms with Crippen molar-refractivity contribution in [1.82, 2.24) is 0 Å². The number of hydrogen-bond acceptors (Lipinski definition) is 4. The third kappa shape index (κ3) is 2.04. The minimum absolute atomic E-state index is 0.0101. The van der Waals surface area contributed by atoms with E-state index < -0.39 is 18.3 Å². The Hall–Kier alpha value is -0.160. The van der Waals surface area contributed by atoms with Gasteiger partial charge in [0, 0.05) is 5.41 Å². The van der Waals surface area contributed by atoms with Gasteiger partial charge in [-0.05, 0) is 74.0 Å². The lowest BCUT2D eigenvalue weighted by Crippen LogP contribution is -2.55. The Morgan fingerprint density at radius 1 is 0.783 bits per heavy atom. The van der Waals surface area contributed by atoms with Gasteiger partial charge in [-0.2, -0.15) is 0 Å². The zero-order chi connectivity index (χ0) is 16.6. The number of aliphatic hydroxyl groups is 4. The van der Waals surface area contributed by atoms with E-state index in [1.807, 2.05) is 0 Å². The normalized spacial score (nSPS) is 62.3. The van der Waals surface area contributed by atoms with Crippen LogP contribution in [0.5, 0.6) is 0 Å². The molecule has 10 atom stereocenters. The van der Waals surface area contributed by atoms with Gasteiger partial charge in [0.15, 0.2) is 0 Å². The largest absolute Gasteiger partial charge is 0.393 e. The molecule has 4 fully saturated rings. The van der Waals surface area contributed by atoms with Crippen LogP contribution in [0.1, 0.15) is 58.8 Å². The predicted molar refractivity (Wildman–Crippen MR) is 86.5 cm³/mol. The summed E-state index contributed by atoms with van der Waals surface area (Å²) in [6, 6.07) is 0. The van der Waals surface area contributed by atoms with Crippen LogP contribution < -0.4 is 0 Å². The second-order valence-corrected chi connectivity index (χ2v) is 9.47. The predicted octanol–water partition coefficient (Wildman–Crippen LogP) is 1.69. The van der Waals surface area contributed by atoms with E-state index in [1.165, 1.54) is 0 Å². The molecule has 4 N–H and O–H groups in total. The first-order valence-corrected chi connectivity index (χ1v) is 9.51. The second kappa shape index (κ2) is 5.17. The minimum Gasteiger partial charge on any atom is -0.393 e. The zero-order valence-corrected chi connectivity index (χ0v) is 14.4. The van der Waals surface area contributed by atoms with Crippen molar-refractivity contribution in [3.8, 4) is 0 Å². The van der Waals surface area contributed by atoms with E-state index in [4.69, 9.17) is 0 Å². The van der Waals surface area contributed by atoms with Crippen LogP contribution in [-0.4, -0.2) is 44.8 Å². The van der Waals surface area contributed by atoms with Crippen LogP contribution >= 0.6 is 0 Å². The van der Waals surface area contributed by atoms with Gasteiger partial charge in [0.1, 0.15) is 6.10 Å². The summed E-state index contributed by atoms with van der Waals surface area (Å²) in [6.07, 6.45) is 4.30. The van der Waals surface area contributed by atoms with Gasteiger partial charge in [0.05, 0.1) is 18.3 Å². The van der Waals surface area contributed by atoms with Crippen molar-refractivity contribution >= 4 is 0 Å². The molecular formula is C19H32O4. The van der Waals surface area contributed by atoms with Gasteiger partial charge in [-0.25, -0.2) is 0 Å². The fraction of sp³-hybridized carbons (Fsp3) is 1.00. The van der Waals surface area contributed by atoms with E-state index in [0.29, 0.717) is 17.8 Å². The van der Waals surface area contributed by atoms with Crippen LogP contribution in [0.3, 0.4) is 0 Å². The Balaban J connectivity index is 1.66. The van der Waals surface area contributed by atoms with Crippen molar-refractivity contribution in [3.63, 3.8) is 0 Å². The molecular weight excluding hydrogens is 292 g/mol. The molecule has 4 heteroatoms. The van der Waals surface area contributed by atoms with E-state index in [-0.39, 0.29) is 22.9 Å². The van der Waals surface area contributed by atoms with Crippen molar-refractivity contribution in [2.45, 2.75) is 83.2 Å². The Kier molecular flexibility index (Phi) is 3.67.